The van der Waals surface area contributed by atoms with Crippen molar-refractivity contribution in [1.29, 1.82) is 0 Å². The number of rotatable bonds is 4. The van der Waals surface area contributed by atoms with E-state index in [-0.39, 0.29) is 5.91 Å². The number of fused-ring (bicyclic) bond motifs is 1. The average Bonchev–Trinajstić information content (AvgIpc) is 2.76. The Labute approximate surface area is 92.8 Å². The van der Waals surface area contributed by atoms with E-state index in [1.54, 1.807) is 25.4 Å². The molecule has 2 aromatic rings. The van der Waals surface area contributed by atoms with Gasteiger partial charge < -0.3 is 10.1 Å². The molecule has 0 saturated carbocycles. The number of aromatic nitrogens is 2. The molecule has 0 aliphatic heterocycles. The van der Waals surface area contributed by atoms with E-state index in [1.165, 1.54) is 0 Å². The second-order valence-corrected chi connectivity index (χ2v) is 3.42. The first-order valence-electron chi connectivity index (χ1n) is 5.01. The number of methoxy groups -OCH3 is 1. The van der Waals surface area contributed by atoms with Crippen molar-refractivity contribution in [3.05, 3.63) is 30.0 Å². The minimum Gasteiger partial charge on any atom is -0.383 e. The first kappa shape index (κ1) is 10.6. The Kier molecular flexibility index (Phi) is 3.16. The summed E-state index contributed by atoms with van der Waals surface area (Å²) in [5.41, 5.74) is 1.48. The molecule has 16 heavy (non-hydrogen) atoms. The highest BCUT2D eigenvalue weighted by Gasteiger charge is 2.05. The number of amides is 1. The number of hydrogen-bond acceptors (Lipinski definition) is 3. The molecular weight excluding hydrogens is 206 g/mol. The van der Waals surface area contributed by atoms with Gasteiger partial charge in [0.05, 0.1) is 18.3 Å². The van der Waals surface area contributed by atoms with Gasteiger partial charge in [0.2, 0.25) is 0 Å². The monoisotopic (exact) mass is 219 g/mol. The predicted molar refractivity (Wildman–Crippen MR) is 60.3 cm³/mol. The van der Waals surface area contributed by atoms with Crippen LogP contribution in [0.1, 0.15) is 10.4 Å². The van der Waals surface area contributed by atoms with Crippen LogP contribution in [0.4, 0.5) is 0 Å². The first-order chi connectivity index (χ1) is 7.81. The molecule has 2 rings (SSSR count). The summed E-state index contributed by atoms with van der Waals surface area (Å²) in [5.74, 6) is -0.103. The molecule has 5 heteroatoms. The number of aromatic amines is 1. The fraction of sp³-hybridized carbons (Fsp3) is 0.273. The Morgan fingerprint density at radius 1 is 1.56 bits per heavy atom. The zero-order valence-electron chi connectivity index (χ0n) is 8.99. The number of carbonyl (C=O) groups excluding carboxylic acids is 1. The highest BCUT2D eigenvalue weighted by molar-refractivity contribution is 5.97. The second-order valence-electron chi connectivity index (χ2n) is 3.42. The van der Waals surface area contributed by atoms with E-state index in [1.807, 2.05) is 6.07 Å². The van der Waals surface area contributed by atoms with Crippen molar-refractivity contribution < 1.29 is 9.53 Å². The summed E-state index contributed by atoms with van der Waals surface area (Å²) in [6, 6.07) is 5.43. The zero-order valence-corrected chi connectivity index (χ0v) is 8.99. The number of nitrogens with zero attached hydrogens (tertiary/aromatic N) is 1. The third-order valence-corrected chi connectivity index (χ3v) is 2.30. The van der Waals surface area contributed by atoms with E-state index >= 15 is 0 Å². The summed E-state index contributed by atoms with van der Waals surface area (Å²) in [4.78, 5) is 11.7. The minimum absolute atomic E-state index is 0.103. The summed E-state index contributed by atoms with van der Waals surface area (Å²) in [6.45, 7) is 1.02. The number of carbonyl (C=O) groups is 1. The van der Waals surface area contributed by atoms with Gasteiger partial charge in [-0.3, -0.25) is 9.89 Å². The molecule has 0 fully saturated rings. The Morgan fingerprint density at radius 2 is 2.44 bits per heavy atom. The van der Waals surface area contributed by atoms with Gasteiger partial charge in [-0.2, -0.15) is 5.10 Å². The van der Waals surface area contributed by atoms with Gasteiger partial charge in [-0.25, -0.2) is 0 Å². The third kappa shape index (κ3) is 2.20. The molecule has 0 bridgehead atoms. The molecule has 0 aliphatic carbocycles. The molecule has 1 amide bonds. The van der Waals surface area contributed by atoms with Gasteiger partial charge in [0.15, 0.2) is 0 Å². The summed E-state index contributed by atoms with van der Waals surface area (Å²) in [7, 11) is 1.60. The van der Waals surface area contributed by atoms with Crippen molar-refractivity contribution in [2.24, 2.45) is 0 Å². The van der Waals surface area contributed by atoms with Gasteiger partial charge in [0.25, 0.3) is 5.91 Å². The van der Waals surface area contributed by atoms with Gasteiger partial charge in [0, 0.05) is 24.6 Å². The second kappa shape index (κ2) is 4.76. The van der Waals surface area contributed by atoms with Crippen molar-refractivity contribution in [3.63, 3.8) is 0 Å². The van der Waals surface area contributed by atoms with Crippen LogP contribution in [-0.4, -0.2) is 36.4 Å². The zero-order chi connectivity index (χ0) is 11.4. The molecule has 84 valence electrons. The molecule has 0 aliphatic rings. The summed E-state index contributed by atoms with van der Waals surface area (Å²) in [5, 5.41) is 10.5. The SMILES string of the molecule is COCCNC(=O)c1ccc2cn[nH]c2c1. The van der Waals surface area contributed by atoms with Crippen LogP contribution in [0.15, 0.2) is 24.4 Å². The lowest BCUT2D eigenvalue weighted by molar-refractivity contribution is 0.0937. The molecule has 0 spiro atoms. The van der Waals surface area contributed by atoms with Crippen LogP contribution < -0.4 is 5.32 Å². The van der Waals surface area contributed by atoms with Gasteiger partial charge in [-0.05, 0) is 12.1 Å². The standard InChI is InChI=1S/C11H13N3O2/c1-16-5-4-12-11(15)8-2-3-9-7-13-14-10(9)6-8/h2-3,6-7H,4-5H2,1H3,(H,12,15)(H,13,14). The van der Waals surface area contributed by atoms with Crippen molar-refractivity contribution in [3.8, 4) is 0 Å². The molecule has 5 nitrogen and oxygen atoms in total. The lowest BCUT2D eigenvalue weighted by atomic mass is 10.1. The maximum absolute atomic E-state index is 11.7. The van der Waals surface area contributed by atoms with Crippen molar-refractivity contribution >= 4 is 16.8 Å². The molecular formula is C11H13N3O2. The van der Waals surface area contributed by atoms with Crippen LogP contribution in [-0.2, 0) is 4.74 Å². The summed E-state index contributed by atoms with van der Waals surface area (Å²) >= 11 is 0. The van der Waals surface area contributed by atoms with Crippen LogP contribution in [0.3, 0.4) is 0 Å². The lowest BCUT2D eigenvalue weighted by Gasteiger charge is -2.04. The first-order valence-corrected chi connectivity index (χ1v) is 5.01. The van der Waals surface area contributed by atoms with Crippen LogP contribution >= 0.6 is 0 Å². The molecule has 0 radical (unpaired) electrons. The minimum atomic E-state index is -0.103. The molecule has 0 atom stereocenters. The number of hydrogen-bond donors (Lipinski definition) is 2. The maximum Gasteiger partial charge on any atom is 0.251 e. The lowest BCUT2D eigenvalue weighted by Crippen LogP contribution is -2.26. The fourth-order valence-corrected chi connectivity index (χ4v) is 1.45. The Hall–Kier alpha value is -1.88. The molecule has 0 unspecified atom stereocenters. The van der Waals surface area contributed by atoms with E-state index in [9.17, 15) is 4.79 Å². The molecule has 0 saturated heterocycles. The average molecular weight is 219 g/mol. The number of H-pyrrole nitrogens is 1. The highest BCUT2D eigenvalue weighted by Crippen LogP contribution is 2.12. The van der Waals surface area contributed by atoms with E-state index in [0.29, 0.717) is 18.7 Å². The van der Waals surface area contributed by atoms with Gasteiger partial charge in [0.1, 0.15) is 0 Å². The van der Waals surface area contributed by atoms with Gasteiger partial charge in [-0.1, -0.05) is 6.07 Å². The Morgan fingerprint density at radius 3 is 3.25 bits per heavy atom. The normalized spacial score (nSPS) is 10.6. The van der Waals surface area contributed by atoms with Crippen molar-refractivity contribution in [2.75, 3.05) is 20.3 Å². The summed E-state index contributed by atoms with van der Waals surface area (Å²) < 4.78 is 4.86. The van der Waals surface area contributed by atoms with Gasteiger partial charge in [-0.15, -0.1) is 0 Å². The van der Waals surface area contributed by atoms with E-state index in [2.05, 4.69) is 15.5 Å². The summed E-state index contributed by atoms with van der Waals surface area (Å²) in [6.07, 6.45) is 1.72. The van der Waals surface area contributed by atoms with E-state index in [0.717, 1.165) is 10.9 Å². The van der Waals surface area contributed by atoms with Crippen LogP contribution in [0, 0.1) is 0 Å². The van der Waals surface area contributed by atoms with Crippen LogP contribution in [0.5, 0.6) is 0 Å². The maximum atomic E-state index is 11.7. The largest absolute Gasteiger partial charge is 0.383 e. The Balaban J connectivity index is 2.10. The third-order valence-electron chi connectivity index (χ3n) is 2.30. The smallest absolute Gasteiger partial charge is 0.251 e. The number of ether oxygens (including phenoxy) is 1. The topological polar surface area (TPSA) is 67.0 Å². The van der Waals surface area contributed by atoms with Crippen LogP contribution in [0.2, 0.25) is 0 Å². The van der Waals surface area contributed by atoms with Crippen molar-refractivity contribution in [2.45, 2.75) is 0 Å². The highest BCUT2D eigenvalue weighted by atomic mass is 16.5. The van der Waals surface area contributed by atoms with E-state index in [4.69, 9.17) is 4.74 Å². The molecule has 2 N–H and O–H groups in total. The molecule has 1 aromatic carbocycles. The predicted octanol–water partition coefficient (Wildman–Crippen LogP) is 0.939. The molecule has 1 aromatic heterocycles. The van der Waals surface area contributed by atoms with Crippen molar-refractivity contribution in [1.82, 2.24) is 15.5 Å². The fourth-order valence-electron chi connectivity index (χ4n) is 1.45. The van der Waals surface area contributed by atoms with Crippen LogP contribution in [0.25, 0.3) is 10.9 Å². The Bertz CT molecular complexity index is 493. The number of nitrogens with one attached hydrogen (secondary N) is 2. The quantitative estimate of drug-likeness (QED) is 0.752. The number of benzene rings is 1. The molecule has 1 heterocycles. The van der Waals surface area contributed by atoms with Gasteiger partial charge >= 0.3 is 0 Å². The van der Waals surface area contributed by atoms with E-state index < -0.39 is 0 Å².